The van der Waals surface area contributed by atoms with Gasteiger partial charge in [0.1, 0.15) is 0 Å². The van der Waals surface area contributed by atoms with E-state index in [2.05, 4.69) is 0 Å². The van der Waals surface area contributed by atoms with Crippen LogP contribution in [-0.4, -0.2) is 54.1 Å². The number of halogens is 2. The van der Waals surface area contributed by atoms with Gasteiger partial charge in [0.05, 0.1) is 17.9 Å². The van der Waals surface area contributed by atoms with Crippen LogP contribution in [0.15, 0.2) is 48.5 Å². The highest BCUT2D eigenvalue weighted by Crippen LogP contribution is 2.54. The van der Waals surface area contributed by atoms with Crippen LogP contribution < -0.4 is 0 Å². The summed E-state index contributed by atoms with van der Waals surface area (Å²) in [6, 6.07) is 14.1. The molecule has 7 nitrogen and oxygen atoms in total. The minimum Gasteiger partial charge on any atom is -0.481 e. The van der Waals surface area contributed by atoms with Gasteiger partial charge in [-0.2, -0.15) is 4.31 Å². The second kappa shape index (κ2) is 12.0. The molecule has 2 N–H and O–H groups in total. The minimum atomic E-state index is -2.20. The second-order valence-electron chi connectivity index (χ2n) is 10.7. The highest BCUT2D eigenvalue weighted by atomic mass is 35.5. The maximum absolute atomic E-state index is 14.4. The number of benzene rings is 2. The third-order valence-electron chi connectivity index (χ3n) is 7.74. The number of hydrogen-bond acceptors (Lipinski definition) is 3. The first-order valence-corrected chi connectivity index (χ1v) is 14.8. The summed E-state index contributed by atoms with van der Waals surface area (Å²) in [6.07, 6.45) is 2.49. The van der Waals surface area contributed by atoms with Crippen molar-refractivity contribution in [2.75, 3.05) is 13.1 Å². The van der Waals surface area contributed by atoms with Gasteiger partial charge in [0, 0.05) is 35.1 Å². The molecule has 0 radical (unpaired) electrons. The molecule has 2 aromatic carbocycles. The van der Waals surface area contributed by atoms with Crippen molar-refractivity contribution in [3.8, 4) is 0 Å². The van der Waals surface area contributed by atoms with E-state index in [9.17, 15) is 23.5 Å². The first kappa shape index (κ1) is 29.0. The number of rotatable bonds is 11. The zero-order valence-corrected chi connectivity index (χ0v) is 23.9. The van der Waals surface area contributed by atoms with E-state index >= 15 is 0 Å². The molecule has 1 saturated carbocycles. The normalized spacial score (nSPS) is 25.4. The third-order valence-corrected chi connectivity index (χ3v) is 9.00. The number of carboxylic acids is 1. The zero-order valence-electron chi connectivity index (χ0n) is 21.6. The lowest BCUT2D eigenvalue weighted by atomic mass is 9.67. The maximum Gasteiger partial charge on any atom is 0.304 e. The third kappa shape index (κ3) is 6.42. The average Bonchev–Trinajstić information content (AvgIpc) is 3.69. The van der Waals surface area contributed by atoms with Crippen molar-refractivity contribution in [3.63, 3.8) is 0 Å². The Kier molecular flexibility index (Phi) is 9.20. The van der Waals surface area contributed by atoms with Crippen LogP contribution in [0.3, 0.4) is 0 Å². The maximum atomic E-state index is 14.4. The number of amides is 1. The molecular weight excluding hydrogens is 547 g/mol. The molecule has 10 heteroatoms. The van der Waals surface area contributed by atoms with Crippen molar-refractivity contribution in [2.24, 2.45) is 11.3 Å². The number of carbonyl (C=O) groups excluding carboxylic acids is 1. The van der Waals surface area contributed by atoms with Crippen LogP contribution in [-0.2, 0) is 20.9 Å². The molecule has 0 bridgehead atoms. The Morgan fingerprint density at radius 3 is 2.39 bits per heavy atom. The molecule has 4 rings (SSSR count). The Hall–Kier alpha value is -1.97. The molecule has 1 amide bonds. The predicted molar refractivity (Wildman–Crippen MR) is 149 cm³/mol. The van der Waals surface area contributed by atoms with Crippen LogP contribution in [0.25, 0.3) is 0 Å². The lowest BCUT2D eigenvalue weighted by Gasteiger charge is -2.52. The van der Waals surface area contributed by atoms with Gasteiger partial charge in [0.15, 0.2) is 0 Å². The summed E-state index contributed by atoms with van der Waals surface area (Å²) in [4.78, 5) is 28.2. The number of piperidine rings is 1. The van der Waals surface area contributed by atoms with Gasteiger partial charge in [-0.25, -0.2) is 4.21 Å². The van der Waals surface area contributed by atoms with E-state index < -0.39 is 28.7 Å². The molecule has 0 spiro atoms. The van der Waals surface area contributed by atoms with Gasteiger partial charge in [0.25, 0.3) is 0 Å². The van der Waals surface area contributed by atoms with Gasteiger partial charge >= 0.3 is 5.97 Å². The van der Waals surface area contributed by atoms with E-state index in [-0.39, 0.29) is 36.8 Å². The summed E-state index contributed by atoms with van der Waals surface area (Å²) in [6.45, 7) is 4.30. The first-order chi connectivity index (χ1) is 18.0. The molecule has 2 aromatic rings. The van der Waals surface area contributed by atoms with Crippen molar-refractivity contribution < 1.29 is 23.5 Å². The molecule has 2 fully saturated rings. The molecule has 1 aliphatic carbocycles. The Labute approximate surface area is 236 Å². The minimum absolute atomic E-state index is 0.156. The smallest absolute Gasteiger partial charge is 0.304 e. The molecule has 1 aliphatic heterocycles. The molecule has 5 unspecified atom stereocenters. The topological polar surface area (TPSA) is 98.2 Å². The quantitative estimate of drug-likeness (QED) is 0.310. The van der Waals surface area contributed by atoms with Crippen LogP contribution in [0, 0.1) is 11.3 Å². The lowest BCUT2D eigenvalue weighted by Crippen LogP contribution is -2.59. The van der Waals surface area contributed by atoms with Gasteiger partial charge < -0.3 is 10.0 Å². The monoisotopic (exact) mass is 580 g/mol. The fourth-order valence-corrected chi connectivity index (χ4v) is 6.82. The van der Waals surface area contributed by atoms with Crippen molar-refractivity contribution in [2.45, 2.75) is 64.0 Å². The molecule has 206 valence electrons. The van der Waals surface area contributed by atoms with Gasteiger partial charge in [0.2, 0.25) is 17.2 Å². The Morgan fingerprint density at radius 1 is 1.16 bits per heavy atom. The van der Waals surface area contributed by atoms with E-state index in [1.165, 1.54) is 4.31 Å². The molecular formula is C28H34Cl2N2O5S. The summed E-state index contributed by atoms with van der Waals surface area (Å²) in [5, 5.41) is 10.9. The van der Waals surface area contributed by atoms with Gasteiger partial charge in [-0.3, -0.25) is 14.1 Å². The van der Waals surface area contributed by atoms with E-state index in [0.717, 1.165) is 24.0 Å². The molecule has 1 saturated heterocycles. The highest BCUT2D eigenvalue weighted by Gasteiger charge is 2.54. The number of carbonyl (C=O) groups is 2. The standard InChI is InChI=1S/C28H34Cl2N2O5S/c1-3-13-31(38(36)37)17-24(18-7-8-18)32-26(19-9-11-21(29)12-10-19)23(20-5-4-6-22(30)14-20)15-28(2,27(32)35)16-25(33)34/h4-6,9-12,14,18,23-24,26H,3,7-8,13,15-17H2,1-2H3,(H,33,34)(H,36,37). The van der Waals surface area contributed by atoms with E-state index in [0.29, 0.717) is 29.4 Å². The first-order valence-electron chi connectivity index (χ1n) is 13.0. The summed E-state index contributed by atoms with van der Waals surface area (Å²) in [7, 11) is 0. The van der Waals surface area contributed by atoms with Gasteiger partial charge in [-0.05, 0) is 67.0 Å². The Bertz CT molecular complexity index is 1190. The average molecular weight is 582 g/mol. The number of nitrogens with zero attached hydrogens (tertiary/aromatic N) is 2. The van der Waals surface area contributed by atoms with Crippen molar-refractivity contribution in [1.29, 1.82) is 0 Å². The second-order valence-corrected chi connectivity index (χ2v) is 12.6. The van der Waals surface area contributed by atoms with Crippen molar-refractivity contribution in [1.82, 2.24) is 9.21 Å². The number of likely N-dealkylation sites (tertiary alicyclic amines) is 1. The van der Waals surface area contributed by atoms with Crippen LogP contribution in [0.5, 0.6) is 0 Å². The molecule has 38 heavy (non-hydrogen) atoms. The predicted octanol–water partition coefficient (Wildman–Crippen LogP) is 6.16. The van der Waals surface area contributed by atoms with Gasteiger partial charge in [-0.1, -0.05) is 61.3 Å². The van der Waals surface area contributed by atoms with Gasteiger partial charge in [-0.15, -0.1) is 0 Å². The van der Waals surface area contributed by atoms with E-state index in [1.807, 2.05) is 42.2 Å². The van der Waals surface area contributed by atoms with Crippen molar-refractivity contribution in [3.05, 3.63) is 69.7 Å². The van der Waals surface area contributed by atoms with Crippen LogP contribution >= 0.6 is 23.2 Å². The number of carboxylic acid groups (broad SMARTS) is 1. The van der Waals surface area contributed by atoms with Crippen LogP contribution in [0.2, 0.25) is 10.0 Å². The largest absolute Gasteiger partial charge is 0.481 e. The van der Waals surface area contributed by atoms with E-state index in [1.54, 1.807) is 25.1 Å². The summed E-state index contributed by atoms with van der Waals surface area (Å²) in [5.41, 5.74) is 0.628. The molecule has 0 aromatic heterocycles. The fourth-order valence-electron chi connectivity index (χ4n) is 5.88. The molecule has 5 atom stereocenters. The highest BCUT2D eigenvalue weighted by molar-refractivity contribution is 7.76. The van der Waals surface area contributed by atoms with Crippen molar-refractivity contribution >= 4 is 46.3 Å². The van der Waals surface area contributed by atoms with Crippen LogP contribution in [0.4, 0.5) is 0 Å². The zero-order chi connectivity index (χ0) is 27.6. The number of hydrogen-bond donors (Lipinski definition) is 2. The summed E-state index contributed by atoms with van der Waals surface area (Å²) < 4.78 is 23.8. The molecule has 2 aliphatic rings. The SMILES string of the molecule is CCCN(CC(C1CC1)N1C(=O)C(C)(CC(=O)O)CC(c2cccc(Cl)c2)C1c1ccc(Cl)cc1)S(=O)O. The summed E-state index contributed by atoms with van der Waals surface area (Å²) in [5.74, 6) is -1.38. The molecule has 1 heterocycles. The fraction of sp³-hybridized carbons (Fsp3) is 0.500. The van der Waals surface area contributed by atoms with E-state index in [4.69, 9.17) is 23.2 Å². The lowest BCUT2D eigenvalue weighted by molar-refractivity contribution is -0.161. The number of aliphatic carboxylic acids is 1. The summed E-state index contributed by atoms with van der Waals surface area (Å²) >= 11 is 10.4. The Balaban J connectivity index is 1.90. The Morgan fingerprint density at radius 2 is 1.84 bits per heavy atom. The van der Waals surface area contributed by atoms with Crippen LogP contribution in [0.1, 0.15) is 69.0 Å².